The van der Waals surface area contributed by atoms with Crippen molar-refractivity contribution in [3.8, 4) is 0 Å². The Bertz CT molecular complexity index is 145. The van der Waals surface area contributed by atoms with Gasteiger partial charge < -0.3 is 4.90 Å². The first kappa shape index (κ1) is 9.46. The van der Waals surface area contributed by atoms with E-state index >= 15 is 0 Å². The van der Waals surface area contributed by atoms with E-state index in [1.165, 1.54) is 12.8 Å². The van der Waals surface area contributed by atoms with Crippen LogP contribution in [0.15, 0.2) is 11.6 Å². The zero-order chi connectivity index (χ0) is 8.27. The molecule has 1 atom stereocenters. The summed E-state index contributed by atoms with van der Waals surface area (Å²) in [6.07, 6.45) is 4.63. The molecule has 0 saturated carbocycles. The standard InChI is InChI=1S/C8H14BrNS/c1-3-7(4-2)10-5-6-11-8(10)9/h5-8H,3-4H2,1-2H3. The smallest absolute Gasteiger partial charge is 0.135 e. The second-order valence-electron chi connectivity index (χ2n) is 2.63. The lowest BCUT2D eigenvalue weighted by molar-refractivity contribution is 0.294. The maximum absolute atomic E-state index is 3.61. The molecule has 1 nitrogen and oxygen atoms in total. The molecule has 0 spiro atoms. The van der Waals surface area contributed by atoms with E-state index in [1.807, 2.05) is 11.8 Å². The quantitative estimate of drug-likeness (QED) is 0.546. The highest BCUT2D eigenvalue weighted by atomic mass is 79.9. The van der Waals surface area contributed by atoms with Crippen LogP contribution in [0.2, 0.25) is 0 Å². The minimum atomic E-state index is 0.465. The second-order valence-corrected chi connectivity index (χ2v) is 5.10. The predicted molar refractivity (Wildman–Crippen MR) is 55.7 cm³/mol. The van der Waals surface area contributed by atoms with E-state index < -0.39 is 0 Å². The molecule has 1 aliphatic rings. The van der Waals surface area contributed by atoms with Gasteiger partial charge in [0.2, 0.25) is 0 Å². The molecule has 0 aliphatic carbocycles. The van der Waals surface area contributed by atoms with E-state index in [1.54, 1.807) is 0 Å². The highest BCUT2D eigenvalue weighted by Gasteiger charge is 2.21. The van der Waals surface area contributed by atoms with Crippen molar-refractivity contribution in [3.05, 3.63) is 11.6 Å². The van der Waals surface area contributed by atoms with Crippen LogP contribution in [0.1, 0.15) is 26.7 Å². The summed E-state index contributed by atoms with van der Waals surface area (Å²) in [5, 5.41) is 2.15. The lowest BCUT2D eigenvalue weighted by Gasteiger charge is -2.28. The molecule has 0 aromatic heterocycles. The molecule has 3 heteroatoms. The van der Waals surface area contributed by atoms with E-state index in [4.69, 9.17) is 0 Å². The Morgan fingerprint density at radius 3 is 2.55 bits per heavy atom. The topological polar surface area (TPSA) is 3.24 Å². The third kappa shape index (κ3) is 2.15. The Hall–Kier alpha value is 0.370. The molecular weight excluding hydrogens is 222 g/mol. The molecule has 11 heavy (non-hydrogen) atoms. The summed E-state index contributed by atoms with van der Waals surface area (Å²) in [6.45, 7) is 4.48. The first-order chi connectivity index (χ1) is 5.29. The van der Waals surface area contributed by atoms with Crippen molar-refractivity contribution < 1.29 is 0 Å². The molecule has 0 amide bonds. The number of halogens is 1. The van der Waals surface area contributed by atoms with Crippen molar-refractivity contribution >= 4 is 27.7 Å². The van der Waals surface area contributed by atoms with Crippen LogP contribution in [-0.4, -0.2) is 15.2 Å². The molecule has 0 saturated heterocycles. The van der Waals surface area contributed by atoms with Gasteiger partial charge in [-0.2, -0.15) is 0 Å². The number of rotatable bonds is 3. The normalized spacial score (nSPS) is 23.6. The maximum Gasteiger partial charge on any atom is 0.135 e. The van der Waals surface area contributed by atoms with E-state index in [0.29, 0.717) is 10.3 Å². The van der Waals surface area contributed by atoms with Crippen LogP contribution in [0.3, 0.4) is 0 Å². The number of hydrogen-bond acceptors (Lipinski definition) is 2. The summed E-state index contributed by atoms with van der Waals surface area (Å²) >= 11 is 5.44. The van der Waals surface area contributed by atoms with Gasteiger partial charge in [0.1, 0.15) is 4.28 Å². The molecule has 1 heterocycles. The summed E-state index contributed by atoms with van der Waals surface area (Å²) in [5.41, 5.74) is 0. The fraction of sp³-hybridized carbons (Fsp3) is 0.750. The van der Waals surface area contributed by atoms with E-state index in [0.717, 1.165) is 0 Å². The van der Waals surface area contributed by atoms with Crippen molar-refractivity contribution in [1.29, 1.82) is 0 Å². The summed E-state index contributed by atoms with van der Waals surface area (Å²) in [4.78, 5) is 2.38. The van der Waals surface area contributed by atoms with Crippen LogP contribution < -0.4 is 0 Å². The molecule has 0 aromatic rings. The van der Waals surface area contributed by atoms with Gasteiger partial charge in [0.15, 0.2) is 0 Å². The molecule has 0 bridgehead atoms. The first-order valence-corrected chi connectivity index (χ1v) is 5.89. The van der Waals surface area contributed by atoms with Gasteiger partial charge in [-0.15, -0.1) is 0 Å². The largest absolute Gasteiger partial charge is 0.353 e. The molecule has 1 unspecified atom stereocenters. The van der Waals surface area contributed by atoms with Crippen LogP contribution in [0, 0.1) is 0 Å². The minimum Gasteiger partial charge on any atom is -0.353 e. The highest BCUT2D eigenvalue weighted by molar-refractivity contribution is 9.11. The molecule has 0 fully saturated rings. The monoisotopic (exact) mass is 235 g/mol. The average Bonchev–Trinajstić information content (AvgIpc) is 2.40. The number of nitrogens with zero attached hydrogens (tertiary/aromatic N) is 1. The zero-order valence-electron chi connectivity index (χ0n) is 6.96. The molecular formula is C8H14BrNS. The van der Waals surface area contributed by atoms with Gasteiger partial charge in [-0.3, -0.25) is 0 Å². The van der Waals surface area contributed by atoms with Gasteiger partial charge in [0, 0.05) is 12.2 Å². The van der Waals surface area contributed by atoms with Gasteiger partial charge in [-0.1, -0.05) is 41.5 Å². The SMILES string of the molecule is CCC(CC)N1C=CSC1Br. The lowest BCUT2D eigenvalue weighted by Crippen LogP contribution is -2.31. The zero-order valence-corrected chi connectivity index (χ0v) is 9.36. The number of thioether (sulfide) groups is 1. The number of alkyl halides is 1. The van der Waals surface area contributed by atoms with Gasteiger partial charge in [-0.25, -0.2) is 0 Å². The lowest BCUT2D eigenvalue weighted by atomic mass is 10.1. The van der Waals surface area contributed by atoms with Crippen LogP contribution in [0.25, 0.3) is 0 Å². The summed E-state index contributed by atoms with van der Waals surface area (Å²) in [6, 6.07) is 0.700. The summed E-state index contributed by atoms with van der Waals surface area (Å²) in [7, 11) is 0. The van der Waals surface area contributed by atoms with Gasteiger partial charge in [-0.05, 0) is 18.2 Å². The Morgan fingerprint density at radius 2 is 2.18 bits per heavy atom. The maximum atomic E-state index is 3.61. The first-order valence-electron chi connectivity index (χ1n) is 4.03. The van der Waals surface area contributed by atoms with Gasteiger partial charge >= 0.3 is 0 Å². The Labute approximate surface area is 81.3 Å². The molecule has 0 N–H and O–H groups in total. The minimum absolute atomic E-state index is 0.465. The van der Waals surface area contributed by atoms with Gasteiger partial charge in [0.25, 0.3) is 0 Å². The van der Waals surface area contributed by atoms with Crippen molar-refractivity contribution in [2.45, 2.75) is 37.0 Å². The van der Waals surface area contributed by atoms with Crippen molar-refractivity contribution in [1.82, 2.24) is 4.90 Å². The fourth-order valence-corrected chi connectivity index (χ4v) is 2.87. The molecule has 1 rings (SSSR count). The van der Waals surface area contributed by atoms with E-state index in [-0.39, 0.29) is 0 Å². The van der Waals surface area contributed by atoms with Crippen LogP contribution >= 0.6 is 27.7 Å². The summed E-state index contributed by atoms with van der Waals surface area (Å²) in [5.74, 6) is 0. The van der Waals surface area contributed by atoms with Crippen molar-refractivity contribution in [2.75, 3.05) is 0 Å². The Balaban J connectivity index is 2.50. The Kier molecular flexibility index (Phi) is 3.79. The fourth-order valence-electron chi connectivity index (χ4n) is 1.31. The third-order valence-electron chi connectivity index (χ3n) is 2.02. The average molecular weight is 236 g/mol. The third-order valence-corrected chi connectivity index (χ3v) is 3.89. The highest BCUT2D eigenvalue weighted by Crippen LogP contribution is 2.32. The molecule has 0 aromatic carbocycles. The molecule has 0 radical (unpaired) electrons. The molecule has 64 valence electrons. The second kappa shape index (κ2) is 4.41. The van der Waals surface area contributed by atoms with E-state index in [9.17, 15) is 0 Å². The van der Waals surface area contributed by atoms with Crippen LogP contribution in [-0.2, 0) is 0 Å². The summed E-state index contributed by atoms with van der Waals surface area (Å²) < 4.78 is 0.465. The Morgan fingerprint density at radius 1 is 1.55 bits per heavy atom. The van der Waals surface area contributed by atoms with Crippen molar-refractivity contribution in [2.24, 2.45) is 0 Å². The van der Waals surface area contributed by atoms with E-state index in [2.05, 4.69) is 46.3 Å². The number of hydrogen-bond donors (Lipinski definition) is 0. The van der Waals surface area contributed by atoms with Crippen LogP contribution in [0.4, 0.5) is 0 Å². The molecule has 1 aliphatic heterocycles. The van der Waals surface area contributed by atoms with Crippen LogP contribution in [0.5, 0.6) is 0 Å². The predicted octanol–water partition coefficient (Wildman–Crippen LogP) is 3.37. The van der Waals surface area contributed by atoms with Crippen molar-refractivity contribution in [3.63, 3.8) is 0 Å². The van der Waals surface area contributed by atoms with Gasteiger partial charge in [0.05, 0.1) is 0 Å².